The predicted molar refractivity (Wildman–Crippen MR) is 91.3 cm³/mol. The SMILES string of the molecule is C[C@@H](NC(=O)C(=O)NCc1ccc(-c2ccoc2)o1)c1ccccc1. The summed E-state index contributed by atoms with van der Waals surface area (Å²) in [5.41, 5.74) is 1.74. The molecule has 0 aliphatic rings. The van der Waals surface area contributed by atoms with Gasteiger partial charge in [-0.25, -0.2) is 0 Å². The second-order valence-corrected chi connectivity index (χ2v) is 5.57. The van der Waals surface area contributed by atoms with Gasteiger partial charge in [-0.15, -0.1) is 0 Å². The first-order chi connectivity index (χ1) is 12.1. The quantitative estimate of drug-likeness (QED) is 0.700. The Bertz CT molecular complexity index is 837. The van der Waals surface area contributed by atoms with Gasteiger partial charge in [-0.1, -0.05) is 30.3 Å². The monoisotopic (exact) mass is 338 g/mol. The zero-order valence-corrected chi connectivity index (χ0v) is 13.7. The van der Waals surface area contributed by atoms with Crippen LogP contribution in [-0.2, 0) is 16.1 Å². The van der Waals surface area contributed by atoms with E-state index in [9.17, 15) is 9.59 Å². The Labute approximate surface area is 144 Å². The predicted octanol–water partition coefficient (Wildman–Crippen LogP) is 3.03. The number of carbonyl (C=O) groups is 2. The summed E-state index contributed by atoms with van der Waals surface area (Å²) >= 11 is 0. The molecule has 0 unspecified atom stereocenters. The molecule has 0 bridgehead atoms. The van der Waals surface area contributed by atoms with Crippen LogP contribution < -0.4 is 10.6 Å². The number of amides is 2. The third-order valence-electron chi connectivity index (χ3n) is 3.74. The molecule has 2 aromatic heterocycles. The van der Waals surface area contributed by atoms with Crippen molar-refractivity contribution in [2.45, 2.75) is 19.5 Å². The van der Waals surface area contributed by atoms with Crippen molar-refractivity contribution >= 4 is 11.8 Å². The fourth-order valence-electron chi connectivity index (χ4n) is 2.37. The van der Waals surface area contributed by atoms with E-state index >= 15 is 0 Å². The van der Waals surface area contributed by atoms with Crippen LogP contribution in [0.3, 0.4) is 0 Å². The highest BCUT2D eigenvalue weighted by Crippen LogP contribution is 2.22. The largest absolute Gasteiger partial charge is 0.472 e. The standard InChI is InChI=1S/C19H18N2O4/c1-13(14-5-3-2-4-6-14)21-19(23)18(22)20-11-16-7-8-17(25-16)15-9-10-24-12-15/h2-10,12-13H,11H2,1H3,(H,20,22)(H,21,23)/t13-/m1/s1. The van der Waals surface area contributed by atoms with E-state index in [1.807, 2.05) is 37.3 Å². The van der Waals surface area contributed by atoms with E-state index in [2.05, 4.69) is 10.6 Å². The topological polar surface area (TPSA) is 84.5 Å². The lowest BCUT2D eigenvalue weighted by molar-refractivity contribution is -0.139. The Balaban J connectivity index is 1.51. The second-order valence-electron chi connectivity index (χ2n) is 5.57. The van der Waals surface area contributed by atoms with Crippen LogP contribution in [0.25, 0.3) is 11.3 Å². The zero-order chi connectivity index (χ0) is 17.6. The van der Waals surface area contributed by atoms with Crippen LogP contribution in [0, 0.1) is 0 Å². The maximum atomic E-state index is 12.0. The maximum Gasteiger partial charge on any atom is 0.309 e. The van der Waals surface area contributed by atoms with Gasteiger partial charge in [-0.3, -0.25) is 9.59 Å². The number of furan rings is 2. The number of benzene rings is 1. The summed E-state index contributed by atoms with van der Waals surface area (Å²) < 4.78 is 10.6. The Morgan fingerprint density at radius 3 is 2.56 bits per heavy atom. The van der Waals surface area contributed by atoms with Gasteiger partial charge in [-0.2, -0.15) is 0 Å². The number of hydrogen-bond acceptors (Lipinski definition) is 4. The molecule has 0 radical (unpaired) electrons. The van der Waals surface area contributed by atoms with Gasteiger partial charge >= 0.3 is 11.8 Å². The average Bonchev–Trinajstić information content (AvgIpc) is 3.31. The summed E-state index contributed by atoms with van der Waals surface area (Å²) in [5, 5.41) is 5.21. The van der Waals surface area contributed by atoms with E-state index in [1.165, 1.54) is 0 Å². The highest BCUT2D eigenvalue weighted by Gasteiger charge is 2.17. The van der Waals surface area contributed by atoms with Gasteiger partial charge in [0.2, 0.25) is 0 Å². The molecule has 25 heavy (non-hydrogen) atoms. The van der Waals surface area contributed by atoms with Crippen molar-refractivity contribution in [3.8, 4) is 11.3 Å². The molecule has 1 atom stereocenters. The van der Waals surface area contributed by atoms with Crippen LogP contribution in [0.15, 0.2) is 69.9 Å². The van der Waals surface area contributed by atoms with E-state index in [0.717, 1.165) is 11.1 Å². The summed E-state index contributed by atoms with van der Waals surface area (Å²) in [5.74, 6) is -0.199. The number of nitrogens with one attached hydrogen (secondary N) is 2. The van der Waals surface area contributed by atoms with Crippen LogP contribution in [-0.4, -0.2) is 11.8 Å². The lowest BCUT2D eigenvalue weighted by Gasteiger charge is -2.13. The fraction of sp³-hybridized carbons (Fsp3) is 0.158. The van der Waals surface area contributed by atoms with Gasteiger partial charge in [0.15, 0.2) is 0 Å². The Morgan fingerprint density at radius 1 is 1.04 bits per heavy atom. The molecule has 0 spiro atoms. The maximum absolute atomic E-state index is 12.0. The van der Waals surface area contributed by atoms with E-state index in [0.29, 0.717) is 11.5 Å². The summed E-state index contributed by atoms with van der Waals surface area (Å²) in [6.45, 7) is 1.95. The van der Waals surface area contributed by atoms with Crippen molar-refractivity contribution in [1.82, 2.24) is 10.6 Å². The second kappa shape index (κ2) is 7.53. The van der Waals surface area contributed by atoms with Gasteiger partial charge in [0, 0.05) is 0 Å². The third kappa shape index (κ3) is 4.17. The highest BCUT2D eigenvalue weighted by atomic mass is 16.3. The summed E-state index contributed by atoms with van der Waals surface area (Å²) in [4.78, 5) is 23.9. The molecule has 0 aliphatic heterocycles. The van der Waals surface area contributed by atoms with Gasteiger partial charge in [0.25, 0.3) is 0 Å². The lowest BCUT2D eigenvalue weighted by Crippen LogP contribution is -2.40. The van der Waals surface area contributed by atoms with Gasteiger partial charge in [0.1, 0.15) is 17.8 Å². The van der Waals surface area contributed by atoms with Gasteiger partial charge in [0.05, 0.1) is 24.4 Å². The first-order valence-corrected chi connectivity index (χ1v) is 7.88. The Hall–Kier alpha value is -3.28. The van der Waals surface area contributed by atoms with Crippen molar-refractivity contribution in [1.29, 1.82) is 0 Å². The van der Waals surface area contributed by atoms with E-state index in [-0.39, 0.29) is 12.6 Å². The molecule has 0 saturated carbocycles. The van der Waals surface area contributed by atoms with Crippen LogP contribution in [0.5, 0.6) is 0 Å². The van der Waals surface area contributed by atoms with Crippen molar-refractivity contribution in [2.24, 2.45) is 0 Å². The zero-order valence-electron chi connectivity index (χ0n) is 13.7. The Kier molecular flexibility index (Phi) is 4.99. The molecule has 128 valence electrons. The molecule has 0 fully saturated rings. The molecule has 0 saturated heterocycles. The molecule has 2 N–H and O–H groups in total. The third-order valence-corrected chi connectivity index (χ3v) is 3.74. The molecule has 2 amide bonds. The number of hydrogen-bond donors (Lipinski definition) is 2. The fourth-order valence-corrected chi connectivity index (χ4v) is 2.37. The van der Waals surface area contributed by atoms with Crippen molar-refractivity contribution in [3.63, 3.8) is 0 Å². The van der Waals surface area contributed by atoms with Crippen molar-refractivity contribution in [3.05, 3.63) is 72.4 Å². The number of carbonyl (C=O) groups excluding carboxylic acids is 2. The van der Waals surface area contributed by atoms with Crippen LogP contribution in [0.1, 0.15) is 24.3 Å². The van der Waals surface area contributed by atoms with E-state index in [1.54, 1.807) is 30.7 Å². The average molecular weight is 338 g/mol. The molecular formula is C19H18N2O4. The van der Waals surface area contributed by atoms with Crippen molar-refractivity contribution < 1.29 is 18.4 Å². The molecule has 3 aromatic rings. The summed E-state index contributed by atoms with van der Waals surface area (Å²) in [6, 6.07) is 14.5. The van der Waals surface area contributed by atoms with E-state index < -0.39 is 11.8 Å². The molecule has 6 nitrogen and oxygen atoms in total. The minimum atomic E-state index is -0.705. The smallest absolute Gasteiger partial charge is 0.309 e. The van der Waals surface area contributed by atoms with Gasteiger partial charge < -0.3 is 19.5 Å². The minimum absolute atomic E-state index is 0.129. The first-order valence-electron chi connectivity index (χ1n) is 7.88. The number of rotatable bonds is 5. The van der Waals surface area contributed by atoms with Gasteiger partial charge in [-0.05, 0) is 30.7 Å². The lowest BCUT2D eigenvalue weighted by atomic mass is 10.1. The Morgan fingerprint density at radius 2 is 1.84 bits per heavy atom. The van der Waals surface area contributed by atoms with Crippen LogP contribution in [0.4, 0.5) is 0 Å². The van der Waals surface area contributed by atoms with E-state index in [4.69, 9.17) is 8.83 Å². The molecule has 2 heterocycles. The molecule has 6 heteroatoms. The summed E-state index contributed by atoms with van der Waals surface area (Å²) in [7, 11) is 0. The highest BCUT2D eigenvalue weighted by molar-refractivity contribution is 6.35. The molecule has 0 aliphatic carbocycles. The normalized spacial score (nSPS) is 11.7. The van der Waals surface area contributed by atoms with Crippen LogP contribution in [0.2, 0.25) is 0 Å². The first kappa shape index (κ1) is 16.6. The van der Waals surface area contributed by atoms with Crippen molar-refractivity contribution in [2.75, 3.05) is 0 Å². The summed E-state index contributed by atoms with van der Waals surface area (Å²) in [6.07, 6.45) is 3.12. The molecule has 1 aromatic carbocycles. The molecule has 3 rings (SSSR count). The van der Waals surface area contributed by atoms with Crippen LogP contribution >= 0.6 is 0 Å². The minimum Gasteiger partial charge on any atom is -0.472 e. The molecular weight excluding hydrogens is 320 g/mol.